The molecule has 0 amide bonds. The Bertz CT molecular complexity index is 1010. The summed E-state index contributed by atoms with van der Waals surface area (Å²) in [6, 6.07) is 1.60. The fraction of sp³-hybridized carbons (Fsp3) is 0.611. The highest BCUT2D eigenvalue weighted by molar-refractivity contribution is 7.92. The number of aromatic nitrogens is 2. The molecule has 7 nitrogen and oxygen atoms in total. The molecular formula is C18H27ClN4O3S2. The summed E-state index contributed by atoms with van der Waals surface area (Å²) in [4.78, 5) is 6.28. The van der Waals surface area contributed by atoms with Crippen molar-refractivity contribution in [2.45, 2.75) is 50.7 Å². The summed E-state index contributed by atoms with van der Waals surface area (Å²) in [5, 5.41) is 0.0828. The van der Waals surface area contributed by atoms with E-state index in [1.807, 2.05) is 38.2 Å². The molecule has 2 aromatic rings. The van der Waals surface area contributed by atoms with E-state index in [0.29, 0.717) is 18.1 Å². The molecule has 2 aromatic heterocycles. The first-order valence-corrected chi connectivity index (χ1v) is 12.4. The number of halogens is 1. The average molecular weight is 447 g/mol. The van der Waals surface area contributed by atoms with Gasteiger partial charge in [0.05, 0.1) is 43.5 Å². The third-order valence-corrected chi connectivity index (χ3v) is 9.10. The molecule has 0 radical (unpaired) electrons. The summed E-state index contributed by atoms with van der Waals surface area (Å²) in [6.07, 6.45) is 3.37. The molecule has 1 fully saturated rings. The minimum atomic E-state index is -3.08. The fourth-order valence-corrected chi connectivity index (χ4v) is 5.60. The van der Waals surface area contributed by atoms with Gasteiger partial charge in [0.1, 0.15) is 12.1 Å². The maximum absolute atomic E-state index is 12.6. The van der Waals surface area contributed by atoms with Crippen LogP contribution < -0.4 is 9.62 Å². The summed E-state index contributed by atoms with van der Waals surface area (Å²) in [6.45, 7) is 10.2. The highest BCUT2D eigenvalue weighted by atomic mass is 35.5. The van der Waals surface area contributed by atoms with Crippen molar-refractivity contribution in [2.24, 2.45) is 0 Å². The molecule has 3 heterocycles. The van der Waals surface area contributed by atoms with Crippen LogP contribution in [0.3, 0.4) is 0 Å². The van der Waals surface area contributed by atoms with Crippen molar-refractivity contribution in [2.75, 3.05) is 23.7 Å². The third kappa shape index (κ3) is 4.08. The number of imidazole rings is 1. The van der Waals surface area contributed by atoms with Crippen molar-refractivity contribution in [1.82, 2.24) is 14.1 Å². The summed E-state index contributed by atoms with van der Waals surface area (Å²) in [7, 11) is -4.34. The number of anilines is 1. The zero-order valence-electron chi connectivity index (χ0n) is 16.8. The lowest BCUT2D eigenvalue weighted by Gasteiger charge is -2.35. The molecule has 0 bridgehead atoms. The van der Waals surface area contributed by atoms with Gasteiger partial charge in [-0.2, -0.15) is 0 Å². The van der Waals surface area contributed by atoms with E-state index >= 15 is 0 Å². The van der Waals surface area contributed by atoms with Gasteiger partial charge in [0.25, 0.3) is 0 Å². The van der Waals surface area contributed by atoms with E-state index in [-0.39, 0.29) is 11.8 Å². The molecule has 0 aliphatic carbocycles. The predicted molar refractivity (Wildman–Crippen MR) is 115 cm³/mol. The van der Waals surface area contributed by atoms with E-state index in [2.05, 4.69) is 14.6 Å². The summed E-state index contributed by atoms with van der Waals surface area (Å²) < 4.78 is 41.6. The van der Waals surface area contributed by atoms with Crippen molar-refractivity contribution >= 4 is 43.8 Å². The van der Waals surface area contributed by atoms with Crippen LogP contribution >= 0.6 is 11.6 Å². The van der Waals surface area contributed by atoms with Crippen LogP contribution in [0.5, 0.6) is 0 Å². The van der Waals surface area contributed by atoms with Crippen molar-refractivity contribution in [1.29, 1.82) is 0 Å². The molecule has 3 atom stereocenters. The molecular weight excluding hydrogens is 420 g/mol. The van der Waals surface area contributed by atoms with Crippen molar-refractivity contribution < 1.29 is 12.6 Å². The monoisotopic (exact) mass is 446 g/mol. The van der Waals surface area contributed by atoms with Gasteiger partial charge in [0, 0.05) is 24.7 Å². The highest BCUT2D eigenvalue weighted by Gasteiger charge is 2.33. The zero-order valence-corrected chi connectivity index (χ0v) is 19.2. The van der Waals surface area contributed by atoms with Gasteiger partial charge >= 0.3 is 0 Å². The van der Waals surface area contributed by atoms with Gasteiger partial charge in [-0.3, -0.25) is 4.40 Å². The normalized spacial score (nSPS) is 22.4. The standard InChI is InChI=1S/C18H27ClN4O3S2/c1-12-10-22(6-7-28(12,25)26)17-14(13(2)21-27(24)18(3,4)5)8-15(19)16-9-20-11-23(16)17/h8-9,11-13,21H,6-7,10H2,1-5H3/t12-,13?,27?/m0/s1. The lowest BCUT2D eigenvalue weighted by atomic mass is 10.1. The Balaban J connectivity index is 2.07. The Hall–Kier alpha value is -1.16. The summed E-state index contributed by atoms with van der Waals surface area (Å²) >= 11 is 6.48. The van der Waals surface area contributed by atoms with Gasteiger partial charge in [-0.15, -0.1) is 0 Å². The molecule has 1 N–H and O–H groups in total. The first-order chi connectivity index (χ1) is 12.9. The second-order valence-corrected chi connectivity index (χ2v) is 13.2. The van der Waals surface area contributed by atoms with Gasteiger partial charge in [-0.05, 0) is 40.7 Å². The van der Waals surface area contributed by atoms with Gasteiger partial charge < -0.3 is 4.90 Å². The molecule has 0 saturated carbocycles. The van der Waals surface area contributed by atoms with E-state index in [9.17, 15) is 12.6 Å². The molecule has 28 heavy (non-hydrogen) atoms. The quantitative estimate of drug-likeness (QED) is 0.780. The predicted octanol–water partition coefficient (Wildman–Crippen LogP) is 2.72. The Morgan fingerprint density at radius 3 is 2.68 bits per heavy atom. The maximum atomic E-state index is 12.6. The number of hydrogen-bond acceptors (Lipinski definition) is 5. The molecule has 0 spiro atoms. The van der Waals surface area contributed by atoms with E-state index in [1.54, 1.807) is 19.4 Å². The number of fused-ring (bicyclic) bond motifs is 1. The van der Waals surface area contributed by atoms with Crippen LogP contribution in [0.1, 0.15) is 46.2 Å². The largest absolute Gasteiger partial charge is 0.355 e. The Labute approximate surface area is 174 Å². The number of nitrogens with zero attached hydrogens (tertiary/aromatic N) is 3. The Kier molecular flexibility index (Phi) is 5.84. The second kappa shape index (κ2) is 7.59. The molecule has 1 aliphatic rings. The van der Waals surface area contributed by atoms with E-state index in [4.69, 9.17) is 11.6 Å². The lowest BCUT2D eigenvalue weighted by Crippen LogP contribution is -2.47. The van der Waals surface area contributed by atoms with Gasteiger partial charge in [-0.25, -0.2) is 22.3 Å². The van der Waals surface area contributed by atoms with E-state index in [1.165, 1.54) is 0 Å². The van der Waals surface area contributed by atoms with Gasteiger partial charge in [0.15, 0.2) is 9.84 Å². The van der Waals surface area contributed by atoms with Crippen LogP contribution in [-0.4, -0.2) is 50.9 Å². The Morgan fingerprint density at radius 1 is 1.39 bits per heavy atom. The lowest BCUT2D eigenvalue weighted by molar-refractivity contribution is 0.567. The van der Waals surface area contributed by atoms with Crippen molar-refractivity contribution in [3.63, 3.8) is 0 Å². The van der Waals surface area contributed by atoms with Crippen LogP contribution in [0.25, 0.3) is 5.52 Å². The topological polar surface area (TPSA) is 83.8 Å². The molecule has 156 valence electrons. The summed E-state index contributed by atoms with van der Waals surface area (Å²) in [5.41, 5.74) is 1.62. The summed E-state index contributed by atoms with van der Waals surface area (Å²) in [5.74, 6) is 0.937. The Morgan fingerprint density at radius 2 is 2.07 bits per heavy atom. The van der Waals surface area contributed by atoms with E-state index in [0.717, 1.165) is 16.9 Å². The number of rotatable bonds is 4. The van der Waals surface area contributed by atoms with Crippen molar-refractivity contribution in [3.8, 4) is 0 Å². The molecule has 1 aliphatic heterocycles. The van der Waals surface area contributed by atoms with Crippen LogP contribution in [0, 0.1) is 0 Å². The highest BCUT2D eigenvalue weighted by Crippen LogP contribution is 2.34. The first kappa shape index (κ1) is 21.5. The van der Waals surface area contributed by atoms with Crippen molar-refractivity contribution in [3.05, 3.63) is 29.2 Å². The molecule has 10 heteroatoms. The number of nitrogens with one attached hydrogen (secondary N) is 1. The molecule has 2 unspecified atom stereocenters. The van der Waals surface area contributed by atoms with Crippen LogP contribution in [0.2, 0.25) is 5.02 Å². The minimum absolute atomic E-state index is 0.0994. The first-order valence-electron chi connectivity index (χ1n) is 9.21. The second-order valence-electron chi connectivity index (χ2n) is 8.26. The van der Waals surface area contributed by atoms with Gasteiger partial charge in [-0.1, -0.05) is 11.6 Å². The van der Waals surface area contributed by atoms with E-state index < -0.39 is 30.8 Å². The van der Waals surface area contributed by atoms with Crippen LogP contribution in [0.15, 0.2) is 18.6 Å². The van der Waals surface area contributed by atoms with Crippen LogP contribution in [-0.2, 0) is 20.8 Å². The zero-order chi connectivity index (χ0) is 20.9. The average Bonchev–Trinajstić information content (AvgIpc) is 3.06. The third-order valence-electron chi connectivity index (χ3n) is 4.99. The fourth-order valence-electron chi connectivity index (χ4n) is 3.26. The SMILES string of the molecule is CC(NS(=O)C(C)(C)C)c1cc(Cl)c2cncn2c1N1CCS(=O)(=O)[C@@H](C)C1. The van der Waals surface area contributed by atoms with Crippen LogP contribution in [0.4, 0.5) is 5.82 Å². The molecule has 0 aromatic carbocycles. The molecule has 1 saturated heterocycles. The maximum Gasteiger partial charge on any atom is 0.156 e. The number of hydrogen-bond donors (Lipinski definition) is 1. The van der Waals surface area contributed by atoms with Gasteiger partial charge in [0.2, 0.25) is 0 Å². The smallest absolute Gasteiger partial charge is 0.156 e. The molecule has 3 rings (SSSR count). The minimum Gasteiger partial charge on any atom is -0.355 e. The number of sulfone groups is 1. The number of pyridine rings is 1.